The fourth-order valence-electron chi connectivity index (χ4n) is 1.79. The number of hydrogen-bond acceptors (Lipinski definition) is 4. The highest BCUT2D eigenvalue weighted by Crippen LogP contribution is 2.34. The molecule has 9 heteroatoms. The molecular weight excluding hydrogens is 311 g/mol. The third-order valence-electron chi connectivity index (χ3n) is 2.69. The summed E-state index contributed by atoms with van der Waals surface area (Å²) >= 11 is 0. The van der Waals surface area contributed by atoms with Crippen molar-refractivity contribution in [3.63, 3.8) is 0 Å². The Morgan fingerprint density at radius 2 is 1.83 bits per heavy atom. The third kappa shape index (κ3) is 4.38. The molecule has 2 N–H and O–H groups in total. The summed E-state index contributed by atoms with van der Waals surface area (Å²) in [5, 5.41) is 4.61. The molecule has 122 valence electrons. The molecule has 0 aromatic carbocycles. The van der Waals surface area contributed by atoms with E-state index in [2.05, 4.69) is 25.6 Å². The molecule has 0 aliphatic rings. The highest BCUT2D eigenvalue weighted by molar-refractivity contribution is 5.90. The first-order valence-electron chi connectivity index (χ1n) is 6.68. The Kier molecular flexibility index (Phi) is 4.77. The summed E-state index contributed by atoms with van der Waals surface area (Å²) in [6.45, 7) is 3.39. The van der Waals surface area contributed by atoms with Gasteiger partial charge in [-0.3, -0.25) is 0 Å². The van der Waals surface area contributed by atoms with Gasteiger partial charge in [0.05, 0.1) is 11.4 Å². The van der Waals surface area contributed by atoms with Crippen LogP contribution in [0.4, 0.5) is 23.7 Å². The van der Waals surface area contributed by atoms with Crippen molar-refractivity contribution in [1.29, 1.82) is 0 Å². The lowest BCUT2D eigenvalue weighted by Gasteiger charge is -2.15. The lowest BCUT2D eigenvalue weighted by molar-refractivity contribution is -0.140. The fraction of sp³-hybridized carbons (Fsp3) is 0.286. The number of nitrogens with one attached hydrogen (secondary N) is 2. The average molecular weight is 325 g/mol. The molecule has 0 saturated carbocycles. The minimum Gasteiger partial charge on any atom is -0.336 e. The number of urea groups is 1. The molecule has 2 heterocycles. The maximum absolute atomic E-state index is 13.2. The first-order valence-corrected chi connectivity index (χ1v) is 6.68. The van der Waals surface area contributed by atoms with Crippen molar-refractivity contribution in [1.82, 2.24) is 20.3 Å². The Hall–Kier alpha value is -2.71. The van der Waals surface area contributed by atoms with Gasteiger partial charge in [-0.25, -0.2) is 19.7 Å². The minimum atomic E-state index is -4.72. The Balaban J connectivity index is 2.38. The molecule has 2 amide bonds. The molecule has 2 aromatic heterocycles. The van der Waals surface area contributed by atoms with Crippen LogP contribution in [-0.2, 0) is 6.18 Å². The van der Waals surface area contributed by atoms with Crippen LogP contribution in [-0.4, -0.2) is 27.0 Å². The maximum atomic E-state index is 13.2. The van der Waals surface area contributed by atoms with E-state index in [4.69, 9.17) is 0 Å². The van der Waals surface area contributed by atoms with Crippen molar-refractivity contribution in [2.75, 3.05) is 5.32 Å². The van der Waals surface area contributed by atoms with E-state index < -0.39 is 23.6 Å². The Morgan fingerprint density at radius 3 is 2.39 bits per heavy atom. The second kappa shape index (κ2) is 6.59. The van der Waals surface area contributed by atoms with Crippen LogP contribution >= 0.6 is 0 Å². The van der Waals surface area contributed by atoms with E-state index in [0.29, 0.717) is 5.56 Å². The van der Waals surface area contributed by atoms with Gasteiger partial charge in [-0.15, -0.1) is 0 Å². The number of anilines is 1. The van der Waals surface area contributed by atoms with Crippen LogP contribution < -0.4 is 10.6 Å². The van der Waals surface area contributed by atoms with Gasteiger partial charge < -0.3 is 10.6 Å². The van der Waals surface area contributed by atoms with Gasteiger partial charge in [0.15, 0.2) is 5.69 Å². The van der Waals surface area contributed by atoms with E-state index in [9.17, 15) is 18.0 Å². The summed E-state index contributed by atoms with van der Waals surface area (Å²) in [5.74, 6) is 0. The summed E-state index contributed by atoms with van der Waals surface area (Å²) in [7, 11) is 0. The van der Waals surface area contributed by atoms with Gasteiger partial charge in [0, 0.05) is 24.0 Å². The summed E-state index contributed by atoms with van der Waals surface area (Å²) in [5.41, 5.74) is -1.20. The molecule has 23 heavy (non-hydrogen) atoms. The minimum absolute atomic E-state index is 0.0627. The van der Waals surface area contributed by atoms with Crippen LogP contribution in [0.5, 0.6) is 0 Å². The van der Waals surface area contributed by atoms with Crippen molar-refractivity contribution in [3.05, 3.63) is 36.5 Å². The van der Waals surface area contributed by atoms with Crippen molar-refractivity contribution >= 4 is 11.7 Å². The van der Waals surface area contributed by atoms with Gasteiger partial charge in [0.1, 0.15) is 6.33 Å². The first-order chi connectivity index (χ1) is 10.8. The first kappa shape index (κ1) is 16.7. The molecule has 0 spiro atoms. The average Bonchev–Trinajstić information content (AvgIpc) is 2.46. The molecule has 0 saturated heterocycles. The molecule has 0 atom stereocenters. The Labute approximate surface area is 130 Å². The van der Waals surface area contributed by atoms with Gasteiger partial charge in [0.25, 0.3) is 0 Å². The third-order valence-corrected chi connectivity index (χ3v) is 2.69. The van der Waals surface area contributed by atoms with E-state index in [1.54, 1.807) is 13.8 Å². The van der Waals surface area contributed by atoms with Gasteiger partial charge in [-0.05, 0) is 26.0 Å². The summed E-state index contributed by atoms with van der Waals surface area (Å²) in [6.07, 6.45) is -0.742. The largest absolute Gasteiger partial charge is 0.435 e. The number of carbonyl (C=O) groups excluding carboxylic acids is 1. The molecule has 0 bridgehead atoms. The number of amides is 2. The number of carbonyl (C=O) groups is 1. The van der Waals surface area contributed by atoms with E-state index in [-0.39, 0.29) is 11.7 Å². The normalized spacial score (nSPS) is 11.4. The van der Waals surface area contributed by atoms with Crippen molar-refractivity contribution in [3.8, 4) is 11.3 Å². The molecule has 0 aliphatic carbocycles. The molecule has 2 rings (SSSR count). The highest BCUT2D eigenvalue weighted by atomic mass is 19.4. The van der Waals surface area contributed by atoms with Crippen LogP contribution in [0, 0.1) is 0 Å². The van der Waals surface area contributed by atoms with Crippen molar-refractivity contribution in [2.24, 2.45) is 0 Å². The zero-order valence-electron chi connectivity index (χ0n) is 12.3. The zero-order valence-corrected chi connectivity index (χ0v) is 12.3. The van der Waals surface area contributed by atoms with Crippen LogP contribution in [0.2, 0.25) is 0 Å². The predicted octanol–water partition coefficient (Wildman–Crippen LogP) is 3.09. The number of pyridine rings is 1. The number of aromatic nitrogens is 3. The van der Waals surface area contributed by atoms with Gasteiger partial charge >= 0.3 is 12.2 Å². The number of halogens is 3. The molecular formula is C14H14F3N5O. The monoisotopic (exact) mass is 325 g/mol. The summed E-state index contributed by atoms with van der Waals surface area (Å²) in [4.78, 5) is 22.7. The van der Waals surface area contributed by atoms with E-state index in [1.807, 2.05) is 0 Å². The number of hydrogen-bond donors (Lipinski definition) is 2. The SMILES string of the molecule is CC(C)NC(=O)Nc1ccc(-c2cncnc2)nc1C(F)(F)F. The fourth-order valence-corrected chi connectivity index (χ4v) is 1.79. The molecule has 2 aromatic rings. The lowest BCUT2D eigenvalue weighted by Crippen LogP contribution is -2.34. The molecule has 0 unspecified atom stereocenters. The van der Waals surface area contributed by atoms with Crippen LogP contribution in [0.3, 0.4) is 0 Å². The number of rotatable bonds is 3. The summed E-state index contributed by atoms with van der Waals surface area (Å²) < 4.78 is 39.6. The standard InChI is InChI=1S/C14H14F3N5O/c1-8(2)20-13(23)22-11-4-3-10(9-5-18-7-19-6-9)21-12(11)14(15,16)17/h3-8H,1-2H3,(H2,20,22,23). The topological polar surface area (TPSA) is 79.8 Å². The van der Waals surface area contributed by atoms with E-state index >= 15 is 0 Å². The quantitative estimate of drug-likeness (QED) is 0.909. The van der Waals surface area contributed by atoms with Gasteiger partial charge in [-0.2, -0.15) is 13.2 Å². The van der Waals surface area contributed by atoms with E-state index in [0.717, 1.165) is 6.07 Å². The van der Waals surface area contributed by atoms with Crippen LogP contribution in [0.1, 0.15) is 19.5 Å². The lowest BCUT2D eigenvalue weighted by atomic mass is 10.2. The Morgan fingerprint density at radius 1 is 1.17 bits per heavy atom. The zero-order chi connectivity index (χ0) is 17.0. The highest BCUT2D eigenvalue weighted by Gasteiger charge is 2.36. The van der Waals surface area contributed by atoms with Gasteiger partial charge in [0.2, 0.25) is 0 Å². The van der Waals surface area contributed by atoms with E-state index in [1.165, 1.54) is 24.8 Å². The Bertz CT molecular complexity index is 689. The van der Waals surface area contributed by atoms with Crippen LogP contribution in [0.25, 0.3) is 11.3 Å². The number of alkyl halides is 3. The van der Waals surface area contributed by atoms with Gasteiger partial charge in [-0.1, -0.05) is 0 Å². The summed E-state index contributed by atoms with van der Waals surface area (Å²) in [6, 6.07) is 1.57. The second-order valence-electron chi connectivity index (χ2n) is 4.97. The molecule has 6 nitrogen and oxygen atoms in total. The van der Waals surface area contributed by atoms with Crippen molar-refractivity contribution in [2.45, 2.75) is 26.1 Å². The number of nitrogens with zero attached hydrogens (tertiary/aromatic N) is 3. The van der Waals surface area contributed by atoms with Crippen molar-refractivity contribution < 1.29 is 18.0 Å². The second-order valence-corrected chi connectivity index (χ2v) is 4.97. The maximum Gasteiger partial charge on any atom is 0.435 e. The smallest absolute Gasteiger partial charge is 0.336 e. The molecule has 0 fully saturated rings. The molecule has 0 aliphatic heterocycles. The predicted molar refractivity (Wildman–Crippen MR) is 77.6 cm³/mol. The van der Waals surface area contributed by atoms with Crippen LogP contribution in [0.15, 0.2) is 30.9 Å². The molecule has 0 radical (unpaired) electrons.